The van der Waals surface area contributed by atoms with E-state index in [1.165, 1.54) is 4.90 Å². The predicted molar refractivity (Wildman–Crippen MR) is 74.9 cm³/mol. The molecule has 7 heteroatoms. The van der Waals surface area contributed by atoms with E-state index in [-0.39, 0.29) is 24.8 Å². The second-order valence-electron chi connectivity index (χ2n) is 4.55. The molecule has 1 atom stereocenters. The summed E-state index contributed by atoms with van der Waals surface area (Å²) in [5.41, 5.74) is 8.91. The number of hydrogen-bond donors (Lipinski definition) is 3. The first-order valence-electron chi connectivity index (χ1n) is 6.43. The number of nitrogens with zero attached hydrogens (tertiary/aromatic N) is 1. The van der Waals surface area contributed by atoms with Crippen LogP contribution < -0.4 is 26.6 Å². The number of nitrogen functional groups attached to an aromatic ring is 1. The van der Waals surface area contributed by atoms with Gasteiger partial charge in [0.05, 0.1) is 5.69 Å². The maximum Gasteiger partial charge on any atom is 0.268 e. The van der Waals surface area contributed by atoms with E-state index in [2.05, 4.69) is 0 Å². The van der Waals surface area contributed by atoms with Crippen LogP contribution in [-0.4, -0.2) is 24.5 Å². The van der Waals surface area contributed by atoms with Crippen molar-refractivity contribution in [3.05, 3.63) is 18.2 Å². The number of benzene rings is 1. The second-order valence-corrected chi connectivity index (χ2v) is 4.55. The van der Waals surface area contributed by atoms with E-state index in [9.17, 15) is 9.59 Å². The van der Waals surface area contributed by atoms with Crippen molar-refractivity contribution in [2.45, 2.75) is 25.9 Å². The standard InChI is InChI=1S/C13H18N4O3/c1-2-10-13(19)17(6-5-12(18)16-15)9-7-8(14)3-4-11(9)20-10/h3-4,7,10H,2,5-6,14-15H2,1H3,(H,16,18). The van der Waals surface area contributed by atoms with Crippen molar-refractivity contribution in [1.29, 1.82) is 0 Å². The molecule has 1 aromatic carbocycles. The summed E-state index contributed by atoms with van der Waals surface area (Å²) in [6, 6.07) is 5.11. The van der Waals surface area contributed by atoms with Gasteiger partial charge in [0, 0.05) is 18.7 Å². The lowest BCUT2D eigenvalue weighted by Gasteiger charge is -2.34. The third-order valence-electron chi connectivity index (χ3n) is 3.18. The van der Waals surface area contributed by atoms with E-state index in [1.54, 1.807) is 18.2 Å². The Balaban J connectivity index is 2.29. The van der Waals surface area contributed by atoms with Crippen LogP contribution in [0.5, 0.6) is 5.75 Å². The third-order valence-corrected chi connectivity index (χ3v) is 3.18. The van der Waals surface area contributed by atoms with Crippen molar-refractivity contribution in [3.8, 4) is 5.75 Å². The molecule has 1 heterocycles. The first-order chi connectivity index (χ1) is 9.56. The number of rotatable bonds is 4. The average Bonchev–Trinajstić information content (AvgIpc) is 2.45. The van der Waals surface area contributed by atoms with Gasteiger partial charge in [-0.1, -0.05) is 6.92 Å². The minimum atomic E-state index is -0.535. The number of ether oxygens (including phenoxy) is 1. The zero-order valence-corrected chi connectivity index (χ0v) is 11.3. The molecule has 0 spiro atoms. The average molecular weight is 278 g/mol. The minimum Gasteiger partial charge on any atom is -0.478 e. The van der Waals surface area contributed by atoms with Crippen LogP contribution in [0.25, 0.3) is 0 Å². The minimum absolute atomic E-state index is 0.118. The van der Waals surface area contributed by atoms with Gasteiger partial charge in [0.25, 0.3) is 5.91 Å². The fourth-order valence-electron chi connectivity index (χ4n) is 2.12. The SMILES string of the molecule is CCC1Oc2ccc(N)cc2N(CCC(=O)NN)C1=O. The number of nitrogens with two attached hydrogens (primary N) is 2. The number of carbonyl (C=O) groups is 2. The molecule has 1 aromatic rings. The first kappa shape index (κ1) is 14.1. The molecule has 2 amide bonds. The van der Waals surface area contributed by atoms with Crippen LogP contribution in [-0.2, 0) is 9.59 Å². The molecule has 0 aromatic heterocycles. The maximum atomic E-state index is 12.3. The van der Waals surface area contributed by atoms with E-state index >= 15 is 0 Å². The van der Waals surface area contributed by atoms with E-state index < -0.39 is 6.10 Å². The van der Waals surface area contributed by atoms with Crippen LogP contribution in [0, 0.1) is 0 Å². The molecule has 1 aliphatic rings. The highest BCUT2D eigenvalue weighted by Gasteiger charge is 2.33. The Morgan fingerprint density at radius 2 is 2.25 bits per heavy atom. The van der Waals surface area contributed by atoms with Gasteiger partial charge in [0.1, 0.15) is 5.75 Å². The predicted octanol–water partition coefficient (Wildman–Crippen LogP) is 0.153. The fourth-order valence-corrected chi connectivity index (χ4v) is 2.12. The molecule has 1 aliphatic heterocycles. The van der Waals surface area contributed by atoms with Gasteiger partial charge in [-0.15, -0.1) is 0 Å². The van der Waals surface area contributed by atoms with Gasteiger partial charge in [-0.3, -0.25) is 15.0 Å². The van der Waals surface area contributed by atoms with E-state index in [4.69, 9.17) is 16.3 Å². The Morgan fingerprint density at radius 3 is 2.90 bits per heavy atom. The Labute approximate surface area is 116 Å². The summed E-state index contributed by atoms with van der Waals surface area (Å²) in [6.45, 7) is 2.10. The molecule has 1 unspecified atom stereocenters. The lowest BCUT2D eigenvalue weighted by Crippen LogP contribution is -2.47. The lowest BCUT2D eigenvalue weighted by molar-refractivity contribution is -0.126. The van der Waals surface area contributed by atoms with Crippen molar-refractivity contribution in [2.24, 2.45) is 5.84 Å². The zero-order valence-electron chi connectivity index (χ0n) is 11.3. The summed E-state index contributed by atoms with van der Waals surface area (Å²) in [4.78, 5) is 25.1. The van der Waals surface area contributed by atoms with E-state index in [0.717, 1.165) is 0 Å². The molecule has 0 bridgehead atoms. The number of nitrogens with one attached hydrogen (secondary N) is 1. The Morgan fingerprint density at radius 1 is 1.50 bits per heavy atom. The smallest absolute Gasteiger partial charge is 0.268 e. The third kappa shape index (κ3) is 2.67. The van der Waals surface area contributed by atoms with Crippen molar-refractivity contribution < 1.29 is 14.3 Å². The molecule has 2 rings (SSSR count). The Bertz CT molecular complexity index is 532. The number of amides is 2. The van der Waals surface area contributed by atoms with Crippen molar-refractivity contribution >= 4 is 23.2 Å². The van der Waals surface area contributed by atoms with Gasteiger partial charge in [0.15, 0.2) is 6.10 Å². The van der Waals surface area contributed by atoms with Crippen molar-refractivity contribution in [1.82, 2.24) is 5.43 Å². The molecular formula is C13H18N4O3. The van der Waals surface area contributed by atoms with Crippen LogP contribution in [0.2, 0.25) is 0 Å². The second kappa shape index (κ2) is 5.79. The van der Waals surface area contributed by atoms with Crippen LogP contribution in [0.15, 0.2) is 18.2 Å². The van der Waals surface area contributed by atoms with Gasteiger partial charge >= 0.3 is 0 Å². The quantitative estimate of drug-likeness (QED) is 0.314. The number of anilines is 2. The zero-order chi connectivity index (χ0) is 14.7. The number of carbonyl (C=O) groups excluding carboxylic acids is 2. The first-order valence-corrected chi connectivity index (χ1v) is 6.43. The van der Waals surface area contributed by atoms with Crippen LogP contribution in [0.3, 0.4) is 0 Å². The fraction of sp³-hybridized carbons (Fsp3) is 0.385. The summed E-state index contributed by atoms with van der Waals surface area (Å²) in [5, 5.41) is 0. The highest BCUT2D eigenvalue weighted by atomic mass is 16.5. The molecule has 5 N–H and O–H groups in total. The lowest BCUT2D eigenvalue weighted by atomic mass is 10.1. The van der Waals surface area contributed by atoms with Gasteiger partial charge in [-0.25, -0.2) is 5.84 Å². The van der Waals surface area contributed by atoms with Crippen molar-refractivity contribution in [2.75, 3.05) is 17.2 Å². The Kier molecular flexibility index (Phi) is 4.09. The Hall–Kier alpha value is -2.28. The monoisotopic (exact) mass is 278 g/mol. The maximum absolute atomic E-state index is 12.3. The number of hydrazine groups is 1. The molecule has 0 aliphatic carbocycles. The summed E-state index contributed by atoms with van der Waals surface area (Å²) in [5.74, 6) is 5.14. The van der Waals surface area contributed by atoms with Crippen LogP contribution >= 0.6 is 0 Å². The number of hydrogen-bond acceptors (Lipinski definition) is 5. The van der Waals surface area contributed by atoms with Crippen LogP contribution in [0.1, 0.15) is 19.8 Å². The highest BCUT2D eigenvalue weighted by Crippen LogP contribution is 2.36. The van der Waals surface area contributed by atoms with Gasteiger partial charge < -0.3 is 15.4 Å². The molecular weight excluding hydrogens is 260 g/mol. The molecule has 0 fully saturated rings. The molecule has 0 saturated carbocycles. The topological polar surface area (TPSA) is 111 Å². The van der Waals surface area contributed by atoms with Gasteiger partial charge in [-0.05, 0) is 24.6 Å². The summed E-state index contributed by atoms with van der Waals surface area (Å²) < 4.78 is 5.64. The van der Waals surface area contributed by atoms with Gasteiger partial charge in [0.2, 0.25) is 5.91 Å². The summed E-state index contributed by atoms with van der Waals surface area (Å²) >= 11 is 0. The molecule has 7 nitrogen and oxygen atoms in total. The molecule has 108 valence electrons. The van der Waals surface area contributed by atoms with Crippen molar-refractivity contribution in [3.63, 3.8) is 0 Å². The highest BCUT2D eigenvalue weighted by molar-refractivity contribution is 6.00. The van der Waals surface area contributed by atoms with Gasteiger partial charge in [-0.2, -0.15) is 0 Å². The summed E-state index contributed by atoms with van der Waals surface area (Å²) in [6.07, 6.45) is 0.141. The number of fused-ring (bicyclic) bond motifs is 1. The van der Waals surface area contributed by atoms with E-state index in [1.807, 2.05) is 12.3 Å². The largest absolute Gasteiger partial charge is 0.478 e. The normalized spacial score (nSPS) is 17.4. The molecule has 20 heavy (non-hydrogen) atoms. The van der Waals surface area contributed by atoms with Crippen LogP contribution in [0.4, 0.5) is 11.4 Å². The van der Waals surface area contributed by atoms with E-state index in [0.29, 0.717) is 23.5 Å². The molecule has 0 radical (unpaired) electrons. The summed E-state index contributed by atoms with van der Waals surface area (Å²) in [7, 11) is 0. The molecule has 0 saturated heterocycles.